The summed E-state index contributed by atoms with van der Waals surface area (Å²) in [5, 5.41) is 3.11. The van der Waals surface area contributed by atoms with Crippen LogP contribution in [0, 0.1) is 0 Å². The van der Waals surface area contributed by atoms with Gasteiger partial charge in [-0.2, -0.15) is 0 Å². The van der Waals surface area contributed by atoms with E-state index in [4.69, 9.17) is 4.74 Å². The van der Waals surface area contributed by atoms with E-state index in [-0.39, 0.29) is 11.9 Å². The first kappa shape index (κ1) is 13.4. The van der Waals surface area contributed by atoms with Crippen molar-refractivity contribution in [1.82, 2.24) is 10.2 Å². The monoisotopic (exact) mass is 202 g/mol. The van der Waals surface area contributed by atoms with E-state index >= 15 is 0 Å². The maximum atomic E-state index is 11.4. The van der Waals surface area contributed by atoms with Crippen LogP contribution in [0.1, 0.15) is 20.3 Å². The zero-order valence-corrected chi connectivity index (χ0v) is 9.67. The molecule has 0 aromatic carbocycles. The van der Waals surface area contributed by atoms with Crippen LogP contribution in [0.3, 0.4) is 0 Å². The maximum absolute atomic E-state index is 11.4. The fourth-order valence-electron chi connectivity index (χ4n) is 1.07. The van der Waals surface area contributed by atoms with Crippen molar-refractivity contribution in [1.29, 1.82) is 0 Å². The van der Waals surface area contributed by atoms with E-state index in [2.05, 4.69) is 12.2 Å². The molecule has 0 aliphatic heterocycles. The van der Waals surface area contributed by atoms with E-state index in [0.29, 0.717) is 6.61 Å². The van der Waals surface area contributed by atoms with Crippen molar-refractivity contribution < 1.29 is 9.53 Å². The molecule has 1 amide bonds. The molecular formula is C10H22N2O2. The molecule has 4 heteroatoms. The SMILES string of the molecule is CCCOCCNC(C)C(=O)N(C)C. The lowest BCUT2D eigenvalue weighted by Gasteiger charge is -2.17. The second-order valence-electron chi connectivity index (χ2n) is 3.52. The van der Waals surface area contributed by atoms with Crippen molar-refractivity contribution in [2.24, 2.45) is 0 Å². The van der Waals surface area contributed by atoms with Crippen LogP contribution < -0.4 is 5.32 Å². The molecule has 0 aliphatic carbocycles. The normalized spacial score (nSPS) is 12.6. The summed E-state index contributed by atoms with van der Waals surface area (Å²) in [5.41, 5.74) is 0. The average molecular weight is 202 g/mol. The lowest BCUT2D eigenvalue weighted by molar-refractivity contribution is -0.130. The van der Waals surface area contributed by atoms with Gasteiger partial charge < -0.3 is 15.0 Å². The van der Waals surface area contributed by atoms with Gasteiger partial charge in [0, 0.05) is 27.2 Å². The Morgan fingerprint density at radius 1 is 1.43 bits per heavy atom. The summed E-state index contributed by atoms with van der Waals surface area (Å²) in [6.45, 7) is 6.12. The number of rotatable bonds is 7. The summed E-state index contributed by atoms with van der Waals surface area (Å²) in [6, 6.07) is -0.129. The first-order valence-electron chi connectivity index (χ1n) is 5.11. The molecule has 0 spiro atoms. The van der Waals surface area contributed by atoms with E-state index < -0.39 is 0 Å². The van der Waals surface area contributed by atoms with Crippen LogP contribution >= 0.6 is 0 Å². The smallest absolute Gasteiger partial charge is 0.238 e. The number of amides is 1. The van der Waals surface area contributed by atoms with Gasteiger partial charge in [-0.1, -0.05) is 6.92 Å². The number of ether oxygens (including phenoxy) is 1. The van der Waals surface area contributed by atoms with Crippen LogP contribution in [-0.2, 0) is 9.53 Å². The third-order valence-electron chi connectivity index (χ3n) is 1.86. The number of hydrogen-bond donors (Lipinski definition) is 1. The second-order valence-corrected chi connectivity index (χ2v) is 3.52. The molecule has 0 fully saturated rings. The van der Waals surface area contributed by atoms with Gasteiger partial charge in [-0.05, 0) is 13.3 Å². The number of carbonyl (C=O) groups is 1. The molecule has 0 radical (unpaired) electrons. The Labute approximate surface area is 86.6 Å². The minimum Gasteiger partial charge on any atom is -0.380 e. The highest BCUT2D eigenvalue weighted by atomic mass is 16.5. The van der Waals surface area contributed by atoms with Crippen LogP contribution in [0.25, 0.3) is 0 Å². The van der Waals surface area contributed by atoms with Gasteiger partial charge in [0.1, 0.15) is 0 Å². The van der Waals surface area contributed by atoms with E-state index in [1.54, 1.807) is 19.0 Å². The van der Waals surface area contributed by atoms with Crippen LogP contribution in [0.5, 0.6) is 0 Å². The Morgan fingerprint density at radius 3 is 2.57 bits per heavy atom. The van der Waals surface area contributed by atoms with E-state index in [1.165, 1.54) is 0 Å². The molecule has 0 heterocycles. The predicted molar refractivity (Wildman–Crippen MR) is 57.3 cm³/mol. The van der Waals surface area contributed by atoms with Crippen LogP contribution in [0.2, 0.25) is 0 Å². The van der Waals surface area contributed by atoms with E-state index in [0.717, 1.165) is 19.6 Å². The molecular weight excluding hydrogens is 180 g/mol. The summed E-state index contributed by atoms with van der Waals surface area (Å²) in [4.78, 5) is 13.0. The number of nitrogens with one attached hydrogen (secondary N) is 1. The van der Waals surface area contributed by atoms with Crippen molar-refractivity contribution in [3.63, 3.8) is 0 Å². The molecule has 0 saturated carbocycles. The lowest BCUT2D eigenvalue weighted by Crippen LogP contribution is -2.42. The summed E-state index contributed by atoms with van der Waals surface area (Å²) < 4.78 is 5.29. The van der Waals surface area contributed by atoms with Crippen LogP contribution in [-0.4, -0.2) is 50.7 Å². The molecule has 1 unspecified atom stereocenters. The van der Waals surface area contributed by atoms with Crippen molar-refractivity contribution >= 4 is 5.91 Å². The zero-order chi connectivity index (χ0) is 11.0. The number of hydrogen-bond acceptors (Lipinski definition) is 3. The molecule has 0 aromatic heterocycles. The van der Waals surface area contributed by atoms with Crippen molar-refractivity contribution in [3.8, 4) is 0 Å². The molecule has 0 aromatic rings. The topological polar surface area (TPSA) is 41.6 Å². The minimum absolute atomic E-state index is 0.0977. The standard InChI is InChI=1S/C10H22N2O2/c1-5-7-14-8-6-11-9(2)10(13)12(3)4/h9,11H,5-8H2,1-4H3. The highest BCUT2D eigenvalue weighted by molar-refractivity contribution is 5.80. The Hall–Kier alpha value is -0.610. The van der Waals surface area contributed by atoms with Gasteiger partial charge in [0.2, 0.25) is 5.91 Å². The third-order valence-corrected chi connectivity index (χ3v) is 1.86. The van der Waals surface area contributed by atoms with Gasteiger partial charge >= 0.3 is 0 Å². The Balaban J connectivity index is 3.44. The minimum atomic E-state index is -0.129. The van der Waals surface area contributed by atoms with Crippen LogP contribution in [0.15, 0.2) is 0 Å². The van der Waals surface area contributed by atoms with Gasteiger partial charge in [0.05, 0.1) is 12.6 Å². The molecule has 84 valence electrons. The Bertz CT molecular complexity index is 160. The maximum Gasteiger partial charge on any atom is 0.238 e. The van der Waals surface area contributed by atoms with Crippen molar-refractivity contribution in [2.75, 3.05) is 33.9 Å². The first-order chi connectivity index (χ1) is 6.59. The largest absolute Gasteiger partial charge is 0.380 e. The quantitative estimate of drug-likeness (QED) is 0.611. The fourth-order valence-corrected chi connectivity index (χ4v) is 1.07. The van der Waals surface area contributed by atoms with Gasteiger partial charge in [-0.15, -0.1) is 0 Å². The first-order valence-corrected chi connectivity index (χ1v) is 5.11. The second kappa shape index (κ2) is 7.76. The van der Waals surface area contributed by atoms with Crippen molar-refractivity contribution in [3.05, 3.63) is 0 Å². The number of nitrogens with zero attached hydrogens (tertiary/aromatic N) is 1. The third kappa shape index (κ3) is 5.94. The molecule has 0 bridgehead atoms. The Kier molecular flexibility index (Phi) is 7.42. The molecule has 14 heavy (non-hydrogen) atoms. The fraction of sp³-hybridized carbons (Fsp3) is 0.900. The average Bonchev–Trinajstić information content (AvgIpc) is 2.16. The van der Waals surface area contributed by atoms with Gasteiger partial charge in [0.15, 0.2) is 0 Å². The Morgan fingerprint density at radius 2 is 2.07 bits per heavy atom. The molecule has 1 N–H and O–H groups in total. The van der Waals surface area contributed by atoms with Gasteiger partial charge in [-0.25, -0.2) is 0 Å². The molecule has 0 rings (SSSR count). The number of carbonyl (C=O) groups excluding carboxylic acids is 1. The molecule has 0 aliphatic rings. The van der Waals surface area contributed by atoms with E-state index in [1.807, 2.05) is 6.92 Å². The summed E-state index contributed by atoms with van der Waals surface area (Å²) >= 11 is 0. The van der Waals surface area contributed by atoms with Gasteiger partial charge in [0.25, 0.3) is 0 Å². The zero-order valence-electron chi connectivity index (χ0n) is 9.67. The summed E-state index contributed by atoms with van der Waals surface area (Å²) in [5.74, 6) is 0.0977. The van der Waals surface area contributed by atoms with Crippen molar-refractivity contribution in [2.45, 2.75) is 26.3 Å². The van der Waals surface area contributed by atoms with Crippen LogP contribution in [0.4, 0.5) is 0 Å². The highest BCUT2D eigenvalue weighted by Gasteiger charge is 2.12. The van der Waals surface area contributed by atoms with Gasteiger partial charge in [-0.3, -0.25) is 4.79 Å². The number of likely N-dealkylation sites (N-methyl/N-ethyl adjacent to an activating group) is 1. The van der Waals surface area contributed by atoms with E-state index in [9.17, 15) is 4.79 Å². The summed E-state index contributed by atoms with van der Waals surface area (Å²) in [6.07, 6.45) is 1.03. The molecule has 4 nitrogen and oxygen atoms in total. The molecule has 0 saturated heterocycles. The summed E-state index contributed by atoms with van der Waals surface area (Å²) in [7, 11) is 3.52. The lowest BCUT2D eigenvalue weighted by atomic mass is 10.3. The molecule has 1 atom stereocenters. The predicted octanol–water partition coefficient (Wildman–Crippen LogP) is 0.479. The highest BCUT2D eigenvalue weighted by Crippen LogP contribution is 1.88.